The number of amides is 1. The van der Waals surface area contributed by atoms with Gasteiger partial charge in [0, 0.05) is 24.5 Å². The van der Waals surface area contributed by atoms with Crippen LogP contribution in [0, 0.1) is 0 Å². The fraction of sp³-hybridized carbons (Fsp3) is 0.200. The number of aromatic nitrogens is 1. The Morgan fingerprint density at radius 3 is 2.50 bits per heavy atom. The van der Waals surface area contributed by atoms with E-state index in [2.05, 4.69) is 22.5 Å². The first-order chi connectivity index (χ1) is 9.69. The number of nitrogens with one attached hydrogen (secondary N) is 3. The Kier molecular flexibility index (Phi) is 4.68. The van der Waals surface area contributed by atoms with Crippen molar-refractivity contribution in [2.24, 2.45) is 0 Å². The van der Waals surface area contributed by atoms with Crippen molar-refractivity contribution in [1.29, 1.82) is 0 Å². The van der Waals surface area contributed by atoms with E-state index in [1.165, 1.54) is 18.3 Å². The highest BCUT2D eigenvalue weighted by Gasteiger charge is 2.05. The lowest BCUT2D eigenvalue weighted by Crippen LogP contribution is -2.15. The Morgan fingerprint density at radius 1 is 1.15 bits per heavy atom. The van der Waals surface area contributed by atoms with Gasteiger partial charge >= 0.3 is 0 Å². The molecule has 0 aliphatic heterocycles. The molecule has 0 spiro atoms. The molecule has 0 saturated heterocycles. The van der Waals surface area contributed by atoms with Gasteiger partial charge in [0.25, 0.3) is 5.91 Å². The molecule has 0 radical (unpaired) electrons. The topological polar surface area (TPSA) is 74.0 Å². The van der Waals surface area contributed by atoms with E-state index in [1.54, 1.807) is 0 Å². The van der Waals surface area contributed by atoms with Gasteiger partial charge in [0.1, 0.15) is 0 Å². The molecular formula is C15H17N3O2. The number of pyridine rings is 1. The number of anilines is 1. The SMILES string of the molecule is CCNCc1ccc(NC(=O)c2ccc(=O)[nH]c2)cc1. The number of benzene rings is 1. The third-order valence-electron chi connectivity index (χ3n) is 2.84. The monoisotopic (exact) mass is 271 g/mol. The third kappa shape index (κ3) is 3.80. The smallest absolute Gasteiger partial charge is 0.257 e. The molecule has 0 saturated carbocycles. The number of hydrogen-bond acceptors (Lipinski definition) is 3. The number of rotatable bonds is 5. The molecule has 5 heteroatoms. The Balaban J connectivity index is 2.00. The maximum atomic E-state index is 11.9. The highest BCUT2D eigenvalue weighted by molar-refractivity contribution is 6.03. The molecule has 1 heterocycles. The van der Waals surface area contributed by atoms with E-state index < -0.39 is 0 Å². The van der Waals surface area contributed by atoms with E-state index in [9.17, 15) is 9.59 Å². The van der Waals surface area contributed by atoms with Crippen molar-refractivity contribution < 1.29 is 4.79 Å². The molecule has 0 atom stereocenters. The average molecular weight is 271 g/mol. The van der Waals surface area contributed by atoms with Gasteiger partial charge in [0.05, 0.1) is 5.56 Å². The molecule has 3 N–H and O–H groups in total. The van der Waals surface area contributed by atoms with Gasteiger partial charge in [-0.25, -0.2) is 0 Å². The first-order valence-corrected chi connectivity index (χ1v) is 6.49. The molecule has 1 aromatic carbocycles. The van der Waals surface area contributed by atoms with Crippen LogP contribution in [-0.2, 0) is 6.54 Å². The zero-order valence-corrected chi connectivity index (χ0v) is 11.3. The van der Waals surface area contributed by atoms with Crippen molar-refractivity contribution in [3.63, 3.8) is 0 Å². The van der Waals surface area contributed by atoms with Crippen LogP contribution in [0.1, 0.15) is 22.8 Å². The van der Waals surface area contributed by atoms with Gasteiger partial charge in [0.2, 0.25) is 5.56 Å². The predicted octanol–water partition coefficient (Wildman–Crippen LogP) is 1.74. The zero-order chi connectivity index (χ0) is 14.4. The van der Waals surface area contributed by atoms with Crippen LogP contribution in [0.25, 0.3) is 0 Å². The minimum atomic E-state index is -0.249. The highest BCUT2D eigenvalue weighted by Crippen LogP contribution is 2.10. The predicted molar refractivity (Wildman–Crippen MR) is 78.8 cm³/mol. The van der Waals surface area contributed by atoms with Crippen molar-refractivity contribution in [3.8, 4) is 0 Å². The van der Waals surface area contributed by atoms with E-state index in [4.69, 9.17) is 0 Å². The van der Waals surface area contributed by atoms with Crippen LogP contribution < -0.4 is 16.2 Å². The fourth-order valence-corrected chi connectivity index (χ4v) is 1.73. The summed E-state index contributed by atoms with van der Waals surface area (Å²) in [5.41, 5.74) is 2.07. The van der Waals surface area contributed by atoms with Gasteiger partial charge in [0.15, 0.2) is 0 Å². The van der Waals surface area contributed by atoms with Crippen LogP contribution in [0.2, 0.25) is 0 Å². The lowest BCUT2D eigenvalue weighted by atomic mass is 10.2. The molecular weight excluding hydrogens is 254 g/mol. The summed E-state index contributed by atoms with van der Waals surface area (Å²) < 4.78 is 0. The number of carbonyl (C=O) groups excluding carboxylic acids is 1. The van der Waals surface area contributed by atoms with Crippen LogP contribution in [0.15, 0.2) is 47.4 Å². The number of carbonyl (C=O) groups is 1. The molecule has 0 fully saturated rings. The standard InChI is InChI=1S/C15H17N3O2/c1-2-16-9-11-3-6-13(7-4-11)18-15(20)12-5-8-14(19)17-10-12/h3-8,10,16H,2,9H2,1H3,(H,17,19)(H,18,20). The Bertz CT molecular complexity index is 612. The van der Waals surface area contributed by atoms with Crippen LogP contribution in [0.4, 0.5) is 5.69 Å². The Morgan fingerprint density at radius 2 is 1.90 bits per heavy atom. The zero-order valence-electron chi connectivity index (χ0n) is 11.3. The molecule has 5 nitrogen and oxygen atoms in total. The van der Waals surface area contributed by atoms with E-state index in [1.807, 2.05) is 24.3 Å². The Labute approximate surface area is 117 Å². The van der Waals surface area contributed by atoms with Gasteiger partial charge in [-0.2, -0.15) is 0 Å². The molecule has 0 bridgehead atoms. The second kappa shape index (κ2) is 6.68. The summed E-state index contributed by atoms with van der Waals surface area (Å²) in [7, 11) is 0. The number of aromatic amines is 1. The lowest BCUT2D eigenvalue weighted by Gasteiger charge is -2.07. The van der Waals surface area contributed by atoms with E-state index >= 15 is 0 Å². The van der Waals surface area contributed by atoms with Gasteiger partial charge < -0.3 is 15.6 Å². The largest absolute Gasteiger partial charge is 0.328 e. The van der Waals surface area contributed by atoms with Crippen LogP contribution in [0.5, 0.6) is 0 Å². The van der Waals surface area contributed by atoms with Crippen molar-refractivity contribution in [3.05, 3.63) is 64.1 Å². The summed E-state index contributed by atoms with van der Waals surface area (Å²) in [5.74, 6) is -0.249. The molecule has 104 valence electrons. The fourth-order valence-electron chi connectivity index (χ4n) is 1.73. The van der Waals surface area contributed by atoms with Gasteiger partial charge in [-0.15, -0.1) is 0 Å². The van der Waals surface area contributed by atoms with E-state index in [-0.39, 0.29) is 11.5 Å². The first-order valence-electron chi connectivity index (χ1n) is 6.49. The Hall–Kier alpha value is -2.40. The molecule has 2 aromatic rings. The highest BCUT2D eigenvalue weighted by atomic mass is 16.1. The molecule has 1 aromatic heterocycles. The van der Waals surface area contributed by atoms with Gasteiger partial charge in [-0.3, -0.25) is 9.59 Å². The maximum absolute atomic E-state index is 11.9. The second-order valence-corrected chi connectivity index (χ2v) is 4.37. The molecule has 0 aliphatic carbocycles. The van der Waals surface area contributed by atoms with Crippen molar-refractivity contribution in [2.75, 3.05) is 11.9 Å². The van der Waals surface area contributed by atoms with Crippen LogP contribution >= 0.6 is 0 Å². The lowest BCUT2D eigenvalue weighted by molar-refractivity contribution is 0.102. The molecule has 20 heavy (non-hydrogen) atoms. The second-order valence-electron chi connectivity index (χ2n) is 4.37. The minimum absolute atomic E-state index is 0.227. The summed E-state index contributed by atoms with van der Waals surface area (Å²) >= 11 is 0. The van der Waals surface area contributed by atoms with E-state index in [0.29, 0.717) is 5.56 Å². The number of hydrogen-bond donors (Lipinski definition) is 3. The van der Waals surface area contributed by atoms with E-state index in [0.717, 1.165) is 24.3 Å². The first kappa shape index (κ1) is 14.0. The van der Waals surface area contributed by atoms with Crippen molar-refractivity contribution in [1.82, 2.24) is 10.3 Å². The quantitative estimate of drug-likeness (QED) is 0.775. The summed E-state index contributed by atoms with van der Waals surface area (Å²) in [6, 6.07) is 10.5. The molecule has 0 unspecified atom stereocenters. The summed E-state index contributed by atoms with van der Waals surface area (Å²) in [6.45, 7) is 3.79. The normalized spacial score (nSPS) is 10.2. The maximum Gasteiger partial charge on any atom is 0.257 e. The number of H-pyrrole nitrogens is 1. The van der Waals surface area contributed by atoms with Gasteiger partial charge in [-0.1, -0.05) is 19.1 Å². The molecule has 2 rings (SSSR count). The van der Waals surface area contributed by atoms with Crippen molar-refractivity contribution in [2.45, 2.75) is 13.5 Å². The third-order valence-corrected chi connectivity index (χ3v) is 2.84. The molecule has 0 aliphatic rings. The molecule has 1 amide bonds. The summed E-state index contributed by atoms with van der Waals surface area (Å²) in [6.07, 6.45) is 1.40. The van der Waals surface area contributed by atoms with Crippen molar-refractivity contribution >= 4 is 11.6 Å². The minimum Gasteiger partial charge on any atom is -0.328 e. The summed E-state index contributed by atoms with van der Waals surface area (Å²) in [4.78, 5) is 25.3. The van der Waals surface area contributed by atoms with Crippen LogP contribution in [0.3, 0.4) is 0 Å². The summed E-state index contributed by atoms with van der Waals surface area (Å²) in [5, 5.41) is 6.01. The van der Waals surface area contributed by atoms with Crippen LogP contribution in [-0.4, -0.2) is 17.4 Å². The van der Waals surface area contributed by atoms with Gasteiger partial charge in [-0.05, 0) is 30.3 Å². The average Bonchev–Trinajstić information content (AvgIpc) is 2.47.